The van der Waals surface area contributed by atoms with Gasteiger partial charge in [-0.2, -0.15) is 0 Å². The molecule has 1 saturated heterocycles. The summed E-state index contributed by atoms with van der Waals surface area (Å²) >= 11 is 0. The maximum absolute atomic E-state index is 8.49. The van der Waals surface area contributed by atoms with E-state index in [2.05, 4.69) is 53.6 Å². The van der Waals surface area contributed by atoms with Crippen molar-refractivity contribution in [3.8, 4) is 0 Å². The van der Waals surface area contributed by atoms with Crippen LogP contribution in [0, 0.1) is 17.2 Å². The fourth-order valence-electron chi connectivity index (χ4n) is 2.94. The number of benzene rings is 1. The Morgan fingerprint density at radius 2 is 1.61 bits per heavy atom. The molecule has 1 aliphatic heterocycles. The first-order chi connectivity index (χ1) is 10.8. The molecule has 1 aromatic carbocycles. The van der Waals surface area contributed by atoms with Crippen LogP contribution >= 0.6 is 0 Å². The van der Waals surface area contributed by atoms with E-state index in [-0.39, 0.29) is 0 Å². The molecule has 0 radical (unpaired) electrons. The third-order valence-corrected chi connectivity index (χ3v) is 4.15. The number of halogens is 1. The average molecular weight is 341 g/mol. The molecular weight excluding hydrogens is 320 g/mol. The Bertz CT molecular complexity index is 690. The van der Waals surface area contributed by atoms with E-state index >= 15 is 0 Å². The molecule has 0 aliphatic carbocycles. The predicted octanol–water partition coefficient (Wildman–Crippen LogP) is -1.65. The molecule has 7 heteroatoms. The third-order valence-electron chi connectivity index (χ3n) is 4.15. The standard InChI is InChI=1S/C16H21N2.ClHO4/c1-13-15(12-18-10-6-3-7-11-18)14-8-4-5-9-16(14)17(13)2;2-1(3,4)5/h4-5,8-9,12H,3,6-7,10-11H2,1-2H3;(H,2,3,4,5)/q+1;/p-1. The van der Waals surface area contributed by atoms with Crippen molar-refractivity contribution >= 4 is 17.1 Å². The van der Waals surface area contributed by atoms with Gasteiger partial charge in [0.25, 0.3) is 0 Å². The topological polar surface area (TPSA) is 100 Å². The highest BCUT2D eigenvalue weighted by Crippen LogP contribution is 2.23. The van der Waals surface area contributed by atoms with Crippen LogP contribution in [-0.2, 0) is 7.05 Å². The highest BCUT2D eigenvalue weighted by Gasteiger charge is 2.15. The molecular formula is C16H21ClN2O4. The zero-order valence-electron chi connectivity index (χ0n) is 13.3. The zero-order valence-corrected chi connectivity index (χ0v) is 14.1. The van der Waals surface area contributed by atoms with Crippen molar-refractivity contribution in [2.45, 2.75) is 26.2 Å². The second-order valence-corrected chi connectivity index (χ2v) is 6.43. The Labute approximate surface area is 137 Å². The molecule has 2 aromatic rings. The molecule has 1 aromatic heterocycles. The molecule has 1 fully saturated rings. The van der Waals surface area contributed by atoms with Crippen LogP contribution in [0.4, 0.5) is 0 Å². The van der Waals surface area contributed by atoms with E-state index in [1.54, 1.807) is 0 Å². The van der Waals surface area contributed by atoms with Crippen LogP contribution in [0.5, 0.6) is 0 Å². The number of nitrogens with zero attached hydrogens (tertiary/aromatic N) is 2. The van der Waals surface area contributed by atoms with Crippen molar-refractivity contribution in [3.63, 3.8) is 0 Å². The van der Waals surface area contributed by atoms with Gasteiger partial charge >= 0.3 is 0 Å². The molecule has 0 atom stereocenters. The second kappa shape index (κ2) is 7.42. The second-order valence-electron chi connectivity index (χ2n) is 5.68. The number of fused-ring (bicyclic) bond motifs is 1. The lowest BCUT2D eigenvalue weighted by Crippen LogP contribution is -2.68. The summed E-state index contributed by atoms with van der Waals surface area (Å²) in [4.78, 5) is 0. The van der Waals surface area contributed by atoms with E-state index in [0.29, 0.717) is 0 Å². The van der Waals surface area contributed by atoms with Gasteiger partial charge in [-0.3, -0.25) is 0 Å². The summed E-state index contributed by atoms with van der Waals surface area (Å²) < 4.78 is 38.8. The van der Waals surface area contributed by atoms with Crippen LogP contribution in [0.1, 0.15) is 30.5 Å². The maximum atomic E-state index is 8.49. The minimum absolute atomic E-state index is 1.21. The van der Waals surface area contributed by atoms with Crippen LogP contribution in [0.25, 0.3) is 10.9 Å². The fraction of sp³-hybridized carbons (Fsp3) is 0.438. The largest absolute Gasteiger partial charge is 0.347 e. The third kappa shape index (κ3) is 5.02. The van der Waals surface area contributed by atoms with Crippen molar-refractivity contribution in [2.75, 3.05) is 13.1 Å². The van der Waals surface area contributed by atoms with Crippen LogP contribution in [0.3, 0.4) is 0 Å². The number of aromatic nitrogens is 1. The summed E-state index contributed by atoms with van der Waals surface area (Å²) in [5, 5.41) is 1.38. The van der Waals surface area contributed by atoms with Gasteiger partial charge in [0.2, 0.25) is 0 Å². The van der Waals surface area contributed by atoms with E-state index in [4.69, 9.17) is 18.6 Å². The minimum Gasteiger partial charge on any atom is -0.347 e. The Hall–Kier alpha value is -1.44. The van der Waals surface area contributed by atoms with E-state index in [9.17, 15) is 0 Å². The molecule has 3 rings (SSSR count). The first-order valence-electron chi connectivity index (χ1n) is 7.52. The highest BCUT2D eigenvalue weighted by molar-refractivity contribution is 5.99. The van der Waals surface area contributed by atoms with Crippen molar-refractivity contribution in [1.29, 1.82) is 0 Å². The average Bonchev–Trinajstić information content (AvgIpc) is 2.72. The highest BCUT2D eigenvalue weighted by atomic mass is 35.7. The quantitative estimate of drug-likeness (QED) is 0.580. The molecule has 1 aliphatic rings. The summed E-state index contributed by atoms with van der Waals surface area (Å²) in [7, 11) is -2.79. The van der Waals surface area contributed by atoms with Gasteiger partial charge in [0.05, 0.1) is 5.56 Å². The molecule has 2 heterocycles. The summed E-state index contributed by atoms with van der Waals surface area (Å²) in [6, 6.07) is 8.69. The predicted molar refractivity (Wildman–Crippen MR) is 76.7 cm³/mol. The van der Waals surface area contributed by atoms with E-state index in [0.717, 1.165) is 0 Å². The zero-order chi connectivity index (χ0) is 17.0. The van der Waals surface area contributed by atoms with Crippen molar-refractivity contribution in [2.24, 2.45) is 7.05 Å². The monoisotopic (exact) mass is 340 g/mol. The molecule has 0 bridgehead atoms. The number of hydrogen-bond acceptors (Lipinski definition) is 4. The lowest BCUT2D eigenvalue weighted by Gasteiger charge is -2.17. The van der Waals surface area contributed by atoms with Gasteiger partial charge in [-0.05, 0) is 19.4 Å². The Morgan fingerprint density at radius 1 is 1.04 bits per heavy atom. The van der Waals surface area contributed by atoms with Gasteiger partial charge in [-0.15, -0.1) is 10.2 Å². The number of hydrogen-bond donors (Lipinski definition) is 0. The van der Waals surface area contributed by atoms with Crippen LogP contribution in [0.15, 0.2) is 24.3 Å². The number of rotatable bonds is 1. The maximum Gasteiger partial charge on any atom is 0.173 e. The fourth-order valence-corrected chi connectivity index (χ4v) is 2.94. The summed E-state index contributed by atoms with van der Waals surface area (Å²) in [5.74, 6) is 0. The van der Waals surface area contributed by atoms with Gasteiger partial charge in [0.15, 0.2) is 6.21 Å². The van der Waals surface area contributed by atoms with Gasteiger partial charge in [0.1, 0.15) is 13.1 Å². The Morgan fingerprint density at radius 3 is 2.22 bits per heavy atom. The Kier molecular flexibility index (Phi) is 5.78. The van der Waals surface area contributed by atoms with Crippen LogP contribution in [0.2, 0.25) is 0 Å². The van der Waals surface area contributed by atoms with Crippen LogP contribution < -0.4 is 18.6 Å². The summed E-state index contributed by atoms with van der Waals surface area (Å²) in [5.41, 5.74) is 4.09. The van der Waals surface area contributed by atoms with Crippen molar-refractivity contribution in [3.05, 3.63) is 35.5 Å². The molecule has 0 amide bonds. The number of aryl methyl sites for hydroxylation is 1. The van der Waals surface area contributed by atoms with Crippen molar-refractivity contribution in [1.82, 2.24) is 4.57 Å². The molecule has 126 valence electrons. The molecule has 0 N–H and O–H groups in total. The number of piperidine rings is 1. The molecule has 6 nitrogen and oxygen atoms in total. The van der Waals surface area contributed by atoms with Gasteiger partial charge in [-0.25, -0.2) is 23.2 Å². The smallest absolute Gasteiger partial charge is 0.173 e. The van der Waals surface area contributed by atoms with E-state index in [1.807, 2.05) is 0 Å². The van der Waals surface area contributed by atoms with Crippen molar-refractivity contribution < 1.29 is 33.5 Å². The first kappa shape index (κ1) is 17.9. The molecule has 0 saturated carbocycles. The first-order valence-corrected chi connectivity index (χ1v) is 8.75. The minimum atomic E-state index is -4.94. The van der Waals surface area contributed by atoms with E-state index < -0.39 is 10.2 Å². The molecule has 0 unspecified atom stereocenters. The normalized spacial score (nSPS) is 15.3. The number of para-hydroxylation sites is 1. The SMILES string of the molecule is Cc1c(C=[N+]2CCCCC2)c2ccccc2n1C.[O-][Cl+3]([O-])([O-])[O-]. The molecule has 23 heavy (non-hydrogen) atoms. The van der Waals surface area contributed by atoms with Gasteiger partial charge in [0, 0.05) is 36.5 Å². The van der Waals surface area contributed by atoms with E-state index in [1.165, 1.54) is 54.5 Å². The van der Waals surface area contributed by atoms with Gasteiger partial charge in [-0.1, -0.05) is 18.2 Å². The van der Waals surface area contributed by atoms with Gasteiger partial charge < -0.3 is 4.57 Å². The van der Waals surface area contributed by atoms with Crippen LogP contribution in [-0.4, -0.2) is 28.4 Å². The molecule has 0 spiro atoms. The Balaban J connectivity index is 0.000000338. The lowest BCUT2D eigenvalue weighted by atomic mass is 10.1. The summed E-state index contributed by atoms with van der Waals surface area (Å²) in [6.07, 6.45) is 6.43. The lowest BCUT2D eigenvalue weighted by molar-refractivity contribution is -2.00. The summed E-state index contributed by atoms with van der Waals surface area (Å²) in [6.45, 7) is 4.64.